The molecule has 1 N–H and O–H groups in total. The predicted molar refractivity (Wildman–Crippen MR) is 105 cm³/mol. The monoisotopic (exact) mass is 362 g/mol. The third kappa shape index (κ3) is 3.68. The minimum absolute atomic E-state index is 0.171. The zero-order valence-corrected chi connectivity index (χ0v) is 15.2. The summed E-state index contributed by atoms with van der Waals surface area (Å²) in [4.78, 5) is 17.9. The standard InChI is InChI=1S/C21H18N2O2S/c1-14-6-8-15(9-7-14)10-18-12-22-21(26-18)23-20(24)17-11-16-4-2-3-5-19(16)25-13-17/h2-9,11-12H,10,13H2,1H3,(H,22,23,24). The van der Waals surface area contributed by atoms with Crippen LogP contribution in [0.15, 0.2) is 60.3 Å². The molecule has 0 radical (unpaired) electrons. The van der Waals surface area contributed by atoms with E-state index in [2.05, 4.69) is 41.5 Å². The zero-order valence-electron chi connectivity index (χ0n) is 14.4. The maximum atomic E-state index is 12.5. The number of carbonyl (C=O) groups is 1. The van der Waals surface area contributed by atoms with Gasteiger partial charge in [-0.25, -0.2) is 4.98 Å². The molecule has 4 nitrogen and oxygen atoms in total. The van der Waals surface area contributed by atoms with E-state index in [9.17, 15) is 4.79 Å². The van der Waals surface area contributed by atoms with Gasteiger partial charge in [-0.3, -0.25) is 10.1 Å². The fraction of sp³-hybridized carbons (Fsp3) is 0.143. The Hall–Kier alpha value is -2.92. The average Bonchev–Trinajstić information content (AvgIpc) is 3.10. The van der Waals surface area contributed by atoms with Crippen molar-refractivity contribution < 1.29 is 9.53 Å². The summed E-state index contributed by atoms with van der Waals surface area (Å²) in [6.45, 7) is 2.34. The highest BCUT2D eigenvalue weighted by molar-refractivity contribution is 7.15. The van der Waals surface area contributed by atoms with E-state index in [1.165, 1.54) is 22.5 Å². The van der Waals surface area contributed by atoms with Crippen molar-refractivity contribution in [2.75, 3.05) is 11.9 Å². The minimum Gasteiger partial charge on any atom is -0.488 e. The summed E-state index contributed by atoms with van der Waals surface area (Å²) >= 11 is 1.50. The molecule has 26 heavy (non-hydrogen) atoms. The number of carbonyl (C=O) groups excluding carboxylic acids is 1. The van der Waals surface area contributed by atoms with E-state index < -0.39 is 0 Å². The molecule has 0 aliphatic carbocycles. The third-order valence-corrected chi connectivity index (χ3v) is 5.11. The molecule has 0 saturated carbocycles. The summed E-state index contributed by atoms with van der Waals surface area (Å²) in [7, 11) is 0. The molecule has 0 atom stereocenters. The number of hydrogen-bond donors (Lipinski definition) is 1. The van der Waals surface area contributed by atoms with Crippen LogP contribution in [0, 0.1) is 6.92 Å². The first-order valence-corrected chi connectivity index (χ1v) is 9.23. The number of benzene rings is 2. The number of para-hydroxylation sites is 1. The van der Waals surface area contributed by atoms with Gasteiger partial charge in [0.1, 0.15) is 12.4 Å². The second-order valence-electron chi connectivity index (χ2n) is 6.24. The van der Waals surface area contributed by atoms with E-state index in [0.29, 0.717) is 10.7 Å². The Labute approximate surface area is 156 Å². The Bertz CT molecular complexity index is 974. The Balaban J connectivity index is 1.43. The molecule has 0 bridgehead atoms. The van der Waals surface area contributed by atoms with E-state index in [1.807, 2.05) is 36.5 Å². The third-order valence-electron chi connectivity index (χ3n) is 4.20. The summed E-state index contributed by atoms with van der Waals surface area (Å²) in [5.74, 6) is 0.634. The van der Waals surface area contributed by atoms with E-state index >= 15 is 0 Å². The van der Waals surface area contributed by atoms with Gasteiger partial charge in [0.25, 0.3) is 5.91 Å². The van der Waals surface area contributed by atoms with Gasteiger partial charge in [0, 0.05) is 23.1 Å². The summed E-state index contributed by atoms with van der Waals surface area (Å²) in [6, 6.07) is 16.1. The molecule has 2 aromatic carbocycles. The first kappa shape index (κ1) is 16.5. The SMILES string of the molecule is Cc1ccc(Cc2cnc(NC(=O)C3=Cc4ccccc4OC3)s2)cc1. The van der Waals surface area contributed by atoms with Gasteiger partial charge in [-0.05, 0) is 24.6 Å². The molecule has 0 unspecified atom stereocenters. The highest BCUT2D eigenvalue weighted by Crippen LogP contribution is 2.27. The Morgan fingerprint density at radius 3 is 2.85 bits per heavy atom. The molecule has 0 spiro atoms. The summed E-state index contributed by atoms with van der Waals surface area (Å²) in [6.07, 6.45) is 4.50. The molecular formula is C21H18N2O2S. The van der Waals surface area contributed by atoms with Crippen molar-refractivity contribution in [3.05, 3.63) is 81.9 Å². The highest BCUT2D eigenvalue weighted by atomic mass is 32.1. The second-order valence-corrected chi connectivity index (χ2v) is 7.36. The van der Waals surface area contributed by atoms with Gasteiger partial charge in [-0.2, -0.15) is 0 Å². The Morgan fingerprint density at radius 2 is 2.00 bits per heavy atom. The predicted octanol–water partition coefficient (Wildman–Crippen LogP) is 4.46. The van der Waals surface area contributed by atoms with Crippen molar-refractivity contribution in [2.45, 2.75) is 13.3 Å². The molecule has 5 heteroatoms. The van der Waals surface area contributed by atoms with Crippen LogP contribution in [0.25, 0.3) is 6.08 Å². The van der Waals surface area contributed by atoms with Gasteiger partial charge in [0.15, 0.2) is 5.13 Å². The van der Waals surface area contributed by atoms with Crippen LogP contribution in [-0.4, -0.2) is 17.5 Å². The van der Waals surface area contributed by atoms with Crippen LogP contribution in [0.3, 0.4) is 0 Å². The Kier molecular flexibility index (Phi) is 4.54. The molecule has 1 amide bonds. The van der Waals surface area contributed by atoms with Crippen LogP contribution >= 0.6 is 11.3 Å². The quantitative estimate of drug-likeness (QED) is 0.746. The topological polar surface area (TPSA) is 51.2 Å². The number of rotatable bonds is 4. The van der Waals surface area contributed by atoms with E-state index in [1.54, 1.807) is 0 Å². The van der Waals surface area contributed by atoms with Crippen LogP contribution in [0.5, 0.6) is 5.75 Å². The smallest absolute Gasteiger partial charge is 0.256 e. The molecule has 0 fully saturated rings. The van der Waals surface area contributed by atoms with Gasteiger partial charge in [-0.1, -0.05) is 48.0 Å². The van der Waals surface area contributed by atoms with Gasteiger partial charge >= 0.3 is 0 Å². The second kappa shape index (κ2) is 7.14. The zero-order chi connectivity index (χ0) is 17.9. The fourth-order valence-corrected chi connectivity index (χ4v) is 3.62. The normalized spacial score (nSPS) is 12.7. The van der Waals surface area contributed by atoms with E-state index in [4.69, 9.17) is 4.74 Å². The van der Waals surface area contributed by atoms with Crippen LogP contribution in [0.1, 0.15) is 21.6 Å². The highest BCUT2D eigenvalue weighted by Gasteiger charge is 2.18. The van der Waals surface area contributed by atoms with Gasteiger partial charge in [-0.15, -0.1) is 11.3 Å². The van der Waals surface area contributed by atoms with E-state index in [-0.39, 0.29) is 12.5 Å². The molecule has 1 aliphatic rings. The molecule has 3 aromatic rings. The number of nitrogens with one attached hydrogen (secondary N) is 1. The number of fused-ring (bicyclic) bond motifs is 1. The lowest BCUT2D eigenvalue weighted by molar-refractivity contribution is -0.113. The lowest BCUT2D eigenvalue weighted by atomic mass is 10.1. The first-order chi connectivity index (χ1) is 12.7. The van der Waals surface area contributed by atoms with Gasteiger partial charge < -0.3 is 4.74 Å². The molecule has 1 aromatic heterocycles. The van der Waals surface area contributed by atoms with Crippen LogP contribution in [0.4, 0.5) is 5.13 Å². The minimum atomic E-state index is -0.171. The first-order valence-electron chi connectivity index (χ1n) is 8.41. The number of hydrogen-bond acceptors (Lipinski definition) is 4. The molecular weight excluding hydrogens is 344 g/mol. The largest absolute Gasteiger partial charge is 0.488 e. The number of anilines is 1. The summed E-state index contributed by atoms with van der Waals surface area (Å²) in [5, 5.41) is 3.49. The molecule has 0 saturated heterocycles. The lowest BCUT2D eigenvalue weighted by Gasteiger charge is -2.16. The lowest BCUT2D eigenvalue weighted by Crippen LogP contribution is -2.21. The van der Waals surface area contributed by atoms with E-state index in [0.717, 1.165) is 22.6 Å². The molecule has 130 valence electrons. The van der Waals surface area contributed by atoms with Crippen molar-refractivity contribution in [1.29, 1.82) is 0 Å². The van der Waals surface area contributed by atoms with Crippen molar-refractivity contribution in [3.8, 4) is 5.75 Å². The van der Waals surface area contributed by atoms with Crippen LogP contribution < -0.4 is 10.1 Å². The van der Waals surface area contributed by atoms with Crippen molar-refractivity contribution >= 4 is 28.5 Å². The molecule has 2 heterocycles. The Morgan fingerprint density at radius 1 is 1.19 bits per heavy atom. The maximum absolute atomic E-state index is 12.5. The van der Waals surface area contributed by atoms with Gasteiger partial charge in [0.05, 0.1) is 5.57 Å². The van der Waals surface area contributed by atoms with Crippen molar-refractivity contribution in [2.24, 2.45) is 0 Å². The summed E-state index contributed by atoms with van der Waals surface area (Å²) < 4.78 is 5.64. The van der Waals surface area contributed by atoms with Crippen molar-refractivity contribution in [3.63, 3.8) is 0 Å². The van der Waals surface area contributed by atoms with Gasteiger partial charge in [0.2, 0.25) is 0 Å². The number of ether oxygens (including phenoxy) is 1. The fourth-order valence-electron chi connectivity index (χ4n) is 2.78. The van der Waals surface area contributed by atoms with Crippen LogP contribution in [-0.2, 0) is 11.2 Å². The summed E-state index contributed by atoms with van der Waals surface area (Å²) in [5.41, 5.74) is 4.00. The number of amides is 1. The number of aromatic nitrogens is 1. The number of thiazole rings is 1. The maximum Gasteiger partial charge on any atom is 0.256 e. The molecule has 1 aliphatic heterocycles. The van der Waals surface area contributed by atoms with Crippen molar-refractivity contribution in [1.82, 2.24) is 4.98 Å². The number of nitrogens with zero attached hydrogens (tertiary/aromatic N) is 1. The molecule has 4 rings (SSSR count). The number of aryl methyl sites for hydroxylation is 1. The van der Waals surface area contributed by atoms with Crippen LogP contribution in [0.2, 0.25) is 0 Å². The average molecular weight is 362 g/mol.